The molecule has 0 aliphatic carbocycles. The van der Waals surface area contributed by atoms with Crippen molar-refractivity contribution >= 4 is 11.6 Å². The van der Waals surface area contributed by atoms with Crippen LogP contribution in [0, 0.1) is 5.82 Å². The number of aromatic nitrogens is 1. The molecule has 1 aromatic heterocycles. The molecule has 1 amide bonds. The van der Waals surface area contributed by atoms with Crippen molar-refractivity contribution in [3.8, 4) is 5.75 Å². The van der Waals surface area contributed by atoms with Gasteiger partial charge in [-0.2, -0.15) is 0 Å². The molecule has 1 aliphatic rings. The van der Waals surface area contributed by atoms with Crippen LogP contribution in [0.25, 0.3) is 0 Å². The number of amides is 1. The third-order valence-electron chi connectivity index (χ3n) is 4.51. The molecule has 0 radical (unpaired) electrons. The number of ether oxygens (including phenoxy) is 1. The highest BCUT2D eigenvalue weighted by atomic mass is 19.1. The minimum atomic E-state index is -0.321. The van der Waals surface area contributed by atoms with E-state index in [0.717, 1.165) is 11.1 Å². The Morgan fingerprint density at radius 1 is 1.08 bits per heavy atom. The first-order chi connectivity index (χ1) is 12.6. The number of rotatable bonds is 4. The van der Waals surface area contributed by atoms with Crippen LogP contribution in [0.5, 0.6) is 5.75 Å². The second kappa shape index (κ2) is 6.59. The van der Waals surface area contributed by atoms with Crippen LogP contribution >= 0.6 is 0 Å². The third-order valence-corrected chi connectivity index (χ3v) is 4.51. The molecular formula is C21H17FN2O2. The zero-order valence-corrected chi connectivity index (χ0v) is 14.2. The molecule has 0 saturated carbocycles. The molecule has 1 atom stereocenters. The van der Waals surface area contributed by atoms with Gasteiger partial charge in [-0.1, -0.05) is 0 Å². The lowest BCUT2D eigenvalue weighted by atomic mass is 10.1. The second-order valence-electron chi connectivity index (χ2n) is 6.23. The molecule has 4 rings (SSSR count). The third kappa shape index (κ3) is 3.04. The molecule has 1 unspecified atom stereocenters. The van der Waals surface area contributed by atoms with E-state index in [9.17, 15) is 9.18 Å². The van der Waals surface area contributed by atoms with E-state index in [2.05, 4.69) is 4.98 Å². The van der Waals surface area contributed by atoms with E-state index in [1.807, 2.05) is 31.2 Å². The summed E-state index contributed by atoms with van der Waals surface area (Å²) in [6.07, 6.45) is 3.34. The van der Waals surface area contributed by atoms with Gasteiger partial charge in [0.1, 0.15) is 17.7 Å². The summed E-state index contributed by atoms with van der Waals surface area (Å²) in [6.45, 7) is 2.42. The van der Waals surface area contributed by atoms with Gasteiger partial charge in [0.05, 0.1) is 6.54 Å². The average molecular weight is 348 g/mol. The number of hydrogen-bond donors (Lipinski definition) is 0. The number of anilines is 1. The van der Waals surface area contributed by atoms with E-state index in [0.29, 0.717) is 23.5 Å². The zero-order valence-electron chi connectivity index (χ0n) is 14.2. The SMILES string of the molecule is CC(Oc1ccc2c(c1)CN(c1ccc(F)cc1)C2=O)c1ccncc1. The van der Waals surface area contributed by atoms with Crippen molar-refractivity contribution in [3.05, 3.63) is 89.5 Å². The summed E-state index contributed by atoms with van der Waals surface area (Å²) in [7, 11) is 0. The molecule has 1 aliphatic heterocycles. The zero-order chi connectivity index (χ0) is 18.1. The van der Waals surface area contributed by atoms with Crippen molar-refractivity contribution in [2.24, 2.45) is 0 Å². The monoisotopic (exact) mass is 348 g/mol. The van der Waals surface area contributed by atoms with E-state index in [1.54, 1.807) is 35.5 Å². The number of halogens is 1. The molecule has 2 heterocycles. The summed E-state index contributed by atoms with van der Waals surface area (Å²) in [5, 5.41) is 0. The Bertz CT molecular complexity index is 942. The lowest BCUT2D eigenvalue weighted by Crippen LogP contribution is -2.22. The first kappa shape index (κ1) is 16.3. The highest BCUT2D eigenvalue weighted by Gasteiger charge is 2.29. The summed E-state index contributed by atoms with van der Waals surface area (Å²) in [5.41, 5.74) is 3.27. The standard InChI is InChI=1S/C21H17FN2O2/c1-14(15-8-10-23-11-9-15)26-19-6-7-20-16(12-19)13-24(21(20)25)18-4-2-17(22)3-5-18/h2-12,14H,13H2,1H3. The average Bonchev–Trinajstić information content (AvgIpc) is 2.99. The topological polar surface area (TPSA) is 42.4 Å². The quantitative estimate of drug-likeness (QED) is 0.696. The van der Waals surface area contributed by atoms with Crippen LogP contribution in [0.3, 0.4) is 0 Å². The number of benzene rings is 2. The van der Waals surface area contributed by atoms with Gasteiger partial charge in [0.2, 0.25) is 0 Å². The maximum absolute atomic E-state index is 13.1. The van der Waals surface area contributed by atoms with Crippen LogP contribution in [0.1, 0.15) is 34.5 Å². The summed E-state index contributed by atoms with van der Waals surface area (Å²) >= 11 is 0. The fourth-order valence-corrected chi connectivity index (χ4v) is 3.11. The van der Waals surface area contributed by atoms with Gasteiger partial charge in [-0.15, -0.1) is 0 Å². The number of carbonyl (C=O) groups is 1. The molecule has 0 bridgehead atoms. The smallest absolute Gasteiger partial charge is 0.258 e. The van der Waals surface area contributed by atoms with E-state index < -0.39 is 0 Å². The summed E-state index contributed by atoms with van der Waals surface area (Å²) in [4.78, 5) is 18.3. The number of fused-ring (bicyclic) bond motifs is 1. The van der Waals surface area contributed by atoms with Crippen molar-refractivity contribution in [1.82, 2.24) is 4.98 Å². The van der Waals surface area contributed by atoms with Gasteiger partial charge in [0.15, 0.2) is 0 Å². The molecular weight excluding hydrogens is 331 g/mol. The predicted molar refractivity (Wildman–Crippen MR) is 96.6 cm³/mol. The van der Waals surface area contributed by atoms with Crippen molar-refractivity contribution in [2.75, 3.05) is 4.90 Å². The van der Waals surface area contributed by atoms with Crippen molar-refractivity contribution in [1.29, 1.82) is 0 Å². The fraction of sp³-hybridized carbons (Fsp3) is 0.143. The fourth-order valence-electron chi connectivity index (χ4n) is 3.11. The molecule has 0 fully saturated rings. The molecule has 0 N–H and O–H groups in total. The Morgan fingerprint density at radius 3 is 2.54 bits per heavy atom. The summed E-state index contributed by atoms with van der Waals surface area (Å²) < 4.78 is 19.1. The van der Waals surface area contributed by atoms with Gasteiger partial charge in [-0.25, -0.2) is 4.39 Å². The summed E-state index contributed by atoms with van der Waals surface area (Å²) in [5.74, 6) is 0.306. The van der Waals surface area contributed by atoms with E-state index >= 15 is 0 Å². The van der Waals surface area contributed by atoms with Crippen molar-refractivity contribution in [3.63, 3.8) is 0 Å². The second-order valence-corrected chi connectivity index (χ2v) is 6.23. The lowest BCUT2D eigenvalue weighted by Gasteiger charge is -2.15. The molecule has 4 nitrogen and oxygen atoms in total. The molecule has 5 heteroatoms. The minimum Gasteiger partial charge on any atom is -0.486 e. The maximum Gasteiger partial charge on any atom is 0.258 e. The number of hydrogen-bond acceptors (Lipinski definition) is 3. The normalized spacial score (nSPS) is 14.2. The minimum absolute atomic E-state index is 0.0830. The van der Waals surface area contributed by atoms with Crippen LogP contribution in [0.4, 0.5) is 10.1 Å². The molecule has 130 valence electrons. The van der Waals surface area contributed by atoms with Crippen LogP contribution < -0.4 is 9.64 Å². The van der Waals surface area contributed by atoms with Gasteiger partial charge in [0, 0.05) is 23.6 Å². The Labute approximate surface area is 150 Å². The number of pyridine rings is 1. The Morgan fingerprint density at radius 2 is 1.81 bits per heavy atom. The van der Waals surface area contributed by atoms with Crippen LogP contribution in [0.2, 0.25) is 0 Å². The molecule has 3 aromatic rings. The predicted octanol–water partition coefficient (Wildman–Crippen LogP) is 4.52. The van der Waals surface area contributed by atoms with Crippen LogP contribution in [-0.2, 0) is 6.54 Å². The van der Waals surface area contributed by atoms with Crippen molar-refractivity contribution < 1.29 is 13.9 Å². The Hall–Kier alpha value is -3.21. The highest BCUT2D eigenvalue weighted by Crippen LogP contribution is 2.32. The Balaban J connectivity index is 1.55. The maximum atomic E-state index is 13.1. The molecule has 0 spiro atoms. The molecule has 2 aromatic carbocycles. The van der Waals surface area contributed by atoms with Gasteiger partial charge >= 0.3 is 0 Å². The largest absolute Gasteiger partial charge is 0.486 e. The number of nitrogens with zero attached hydrogens (tertiary/aromatic N) is 2. The van der Waals surface area contributed by atoms with Gasteiger partial charge in [-0.05, 0) is 72.6 Å². The van der Waals surface area contributed by atoms with E-state index in [1.165, 1.54) is 12.1 Å². The summed E-state index contributed by atoms with van der Waals surface area (Å²) in [6, 6.07) is 15.3. The van der Waals surface area contributed by atoms with E-state index in [-0.39, 0.29) is 17.8 Å². The first-order valence-corrected chi connectivity index (χ1v) is 8.39. The van der Waals surface area contributed by atoms with E-state index in [4.69, 9.17) is 4.74 Å². The lowest BCUT2D eigenvalue weighted by molar-refractivity contribution is 0.0996. The van der Waals surface area contributed by atoms with Crippen molar-refractivity contribution in [2.45, 2.75) is 19.6 Å². The first-order valence-electron chi connectivity index (χ1n) is 8.39. The van der Waals surface area contributed by atoms with Gasteiger partial charge < -0.3 is 9.64 Å². The molecule has 0 saturated heterocycles. The van der Waals surface area contributed by atoms with Gasteiger partial charge in [0.25, 0.3) is 5.91 Å². The van der Waals surface area contributed by atoms with Gasteiger partial charge in [-0.3, -0.25) is 9.78 Å². The number of carbonyl (C=O) groups excluding carboxylic acids is 1. The van der Waals surface area contributed by atoms with Crippen LogP contribution in [0.15, 0.2) is 67.0 Å². The highest BCUT2D eigenvalue weighted by molar-refractivity contribution is 6.10. The molecule has 26 heavy (non-hydrogen) atoms. The van der Waals surface area contributed by atoms with Crippen LogP contribution in [-0.4, -0.2) is 10.9 Å². The Kier molecular flexibility index (Phi) is 4.13.